The lowest BCUT2D eigenvalue weighted by molar-refractivity contribution is 0.0903. The van der Waals surface area contributed by atoms with Crippen LogP contribution in [0.1, 0.15) is 17.4 Å². The summed E-state index contributed by atoms with van der Waals surface area (Å²) in [5.41, 5.74) is 1.91. The molecule has 0 bridgehead atoms. The van der Waals surface area contributed by atoms with Crippen LogP contribution in [-0.2, 0) is 0 Å². The van der Waals surface area contributed by atoms with E-state index in [4.69, 9.17) is 20.8 Å². The zero-order chi connectivity index (χ0) is 14.8. The van der Waals surface area contributed by atoms with Crippen LogP contribution in [0, 0.1) is 6.92 Å². The van der Waals surface area contributed by atoms with E-state index in [1.807, 2.05) is 31.2 Å². The molecule has 0 spiro atoms. The SMILES string of the molecule is Cc1ccc2oc(C(O)COc3cccc(Cl)c3)cc2c1. The van der Waals surface area contributed by atoms with Gasteiger partial charge >= 0.3 is 0 Å². The van der Waals surface area contributed by atoms with Gasteiger partial charge in [-0.15, -0.1) is 0 Å². The lowest BCUT2D eigenvalue weighted by Crippen LogP contribution is -2.08. The fraction of sp³-hybridized carbons (Fsp3) is 0.176. The summed E-state index contributed by atoms with van der Waals surface area (Å²) in [4.78, 5) is 0. The Morgan fingerprint density at radius 2 is 2.05 bits per heavy atom. The molecular weight excluding hydrogens is 288 g/mol. The van der Waals surface area contributed by atoms with Crippen molar-refractivity contribution in [3.05, 3.63) is 64.9 Å². The molecule has 1 heterocycles. The average molecular weight is 303 g/mol. The number of benzene rings is 2. The minimum Gasteiger partial charge on any atom is -0.490 e. The van der Waals surface area contributed by atoms with Crippen molar-refractivity contribution in [1.29, 1.82) is 0 Å². The summed E-state index contributed by atoms with van der Waals surface area (Å²) in [6.45, 7) is 2.13. The molecule has 1 aromatic heterocycles. The first-order chi connectivity index (χ1) is 10.1. The standard InChI is InChI=1S/C17H15ClO3/c1-11-5-6-16-12(7-11)8-17(21-16)15(19)10-20-14-4-2-3-13(18)9-14/h2-9,15,19H,10H2,1H3. The van der Waals surface area contributed by atoms with E-state index in [0.717, 1.165) is 16.5 Å². The first kappa shape index (κ1) is 14.0. The Bertz CT molecular complexity index is 764. The number of hydrogen-bond acceptors (Lipinski definition) is 3. The highest BCUT2D eigenvalue weighted by Crippen LogP contribution is 2.26. The second kappa shape index (κ2) is 5.80. The normalized spacial score (nSPS) is 12.5. The topological polar surface area (TPSA) is 42.6 Å². The van der Waals surface area contributed by atoms with Crippen molar-refractivity contribution in [2.24, 2.45) is 0 Å². The van der Waals surface area contributed by atoms with Crippen molar-refractivity contribution in [1.82, 2.24) is 0 Å². The van der Waals surface area contributed by atoms with E-state index in [-0.39, 0.29) is 6.61 Å². The number of halogens is 1. The molecule has 21 heavy (non-hydrogen) atoms. The molecule has 3 rings (SSSR count). The summed E-state index contributed by atoms with van der Waals surface area (Å²) in [7, 11) is 0. The Hall–Kier alpha value is -1.97. The number of aliphatic hydroxyl groups is 1. The highest BCUT2D eigenvalue weighted by atomic mass is 35.5. The van der Waals surface area contributed by atoms with Gasteiger partial charge in [0.15, 0.2) is 0 Å². The van der Waals surface area contributed by atoms with Crippen LogP contribution in [0.4, 0.5) is 0 Å². The fourth-order valence-electron chi connectivity index (χ4n) is 2.16. The molecule has 0 saturated heterocycles. The quantitative estimate of drug-likeness (QED) is 0.771. The molecule has 0 aliphatic rings. The van der Waals surface area contributed by atoms with Crippen molar-refractivity contribution in [3.8, 4) is 5.75 Å². The van der Waals surface area contributed by atoms with Crippen molar-refractivity contribution < 1.29 is 14.3 Å². The van der Waals surface area contributed by atoms with Gasteiger partial charge in [0, 0.05) is 10.4 Å². The summed E-state index contributed by atoms with van der Waals surface area (Å²) in [5, 5.41) is 11.7. The molecule has 3 aromatic rings. The summed E-state index contributed by atoms with van der Waals surface area (Å²) in [6.07, 6.45) is -0.823. The van der Waals surface area contributed by atoms with Gasteiger partial charge in [-0.05, 0) is 43.3 Å². The third kappa shape index (κ3) is 3.20. The van der Waals surface area contributed by atoms with Gasteiger partial charge in [0.1, 0.15) is 29.8 Å². The highest BCUT2D eigenvalue weighted by Gasteiger charge is 2.14. The van der Waals surface area contributed by atoms with Crippen LogP contribution in [0.2, 0.25) is 5.02 Å². The largest absolute Gasteiger partial charge is 0.490 e. The lowest BCUT2D eigenvalue weighted by Gasteiger charge is -2.10. The molecule has 2 aromatic carbocycles. The monoisotopic (exact) mass is 302 g/mol. The minimum atomic E-state index is -0.823. The second-order valence-electron chi connectivity index (χ2n) is 4.97. The predicted octanol–water partition coefficient (Wildman–Crippen LogP) is 4.51. The van der Waals surface area contributed by atoms with Gasteiger partial charge in [-0.1, -0.05) is 29.3 Å². The van der Waals surface area contributed by atoms with Crippen LogP contribution < -0.4 is 4.74 Å². The van der Waals surface area contributed by atoms with Crippen molar-refractivity contribution in [2.75, 3.05) is 6.61 Å². The van der Waals surface area contributed by atoms with Crippen molar-refractivity contribution in [2.45, 2.75) is 13.0 Å². The minimum absolute atomic E-state index is 0.110. The molecule has 108 valence electrons. The maximum absolute atomic E-state index is 10.2. The van der Waals surface area contributed by atoms with Crippen molar-refractivity contribution in [3.63, 3.8) is 0 Å². The first-order valence-corrected chi connectivity index (χ1v) is 7.06. The summed E-state index contributed by atoms with van der Waals surface area (Å²) < 4.78 is 11.2. The highest BCUT2D eigenvalue weighted by molar-refractivity contribution is 6.30. The molecular formula is C17H15ClO3. The van der Waals surface area contributed by atoms with Crippen LogP contribution >= 0.6 is 11.6 Å². The summed E-state index contributed by atoms with van der Waals surface area (Å²) in [5.74, 6) is 1.12. The molecule has 1 atom stereocenters. The van der Waals surface area contributed by atoms with Gasteiger partial charge in [-0.25, -0.2) is 0 Å². The Kier molecular flexibility index (Phi) is 3.86. The third-order valence-electron chi connectivity index (χ3n) is 3.22. The van der Waals surface area contributed by atoms with Gasteiger partial charge < -0.3 is 14.3 Å². The fourth-order valence-corrected chi connectivity index (χ4v) is 2.34. The molecule has 0 radical (unpaired) electrons. The number of fused-ring (bicyclic) bond motifs is 1. The zero-order valence-electron chi connectivity index (χ0n) is 11.5. The maximum atomic E-state index is 10.2. The first-order valence-electron chi connectivity index (χ1n) is 6.68. The summed E-state index contributed by atoms with van der Waals surface area (Å²) in [6, 6.07) is 14.8. The third-order valence-corrected chi connectivity index (χ3v) is 3.46. The van der Waals surface area contributed by atoms with Gasteiger partial charge in [0.25, 0.3) is 0 Å². The molecule has 3 nitrogen and oxygen atoms in total. The van der Waals surface area contributed by atoms with Gasteiger partial charge in [0.2, 0.25) is 0 Å². The van der Waals surface area contributed by atoms with Crippen molar-refractivity contribution >= 4 is 22.6 Å². The van der Waals surface area contributed by atoms with Crippen LogP contribution in [0.15, 0.2) is 52.9 Å². The molecule has 1 N–H and O–H groups in total. The van der Waals surface area contributed by atoms with Crippen LogP contribution in [0.5, 0.6) is 5.75 Å². The van der Waals surface area contributed by atoms with E-state index in [0.29, 0.717) is 16.5 Å². The number of hydrogen-bond donors (Lipinski definition) is 1. The molecule has 0 aliphatic heterocycles. The van der Waals surface area contributed by atoms with E-state index < -0.39 is 6.10 Å². The maximum Gasteiger partial charge on any atom is 0.145 e. The van der Waals surface area contributed by atoms with Crippen LogP contribution in [0.3, 0.4) is 0 Å². The smallest absolute Gasteiger partial charge is 0.145 e. The van der Waals surface area contributed by atoms with Gasteiger partial charge in [0.05, 0.1) is 0 Å². The number of furan rings is 1. The Morgan fingerprint density at radius 1 is 1.19 bits per heavy atom. The lowest BCUT2D eigenvalue weighted by atomic mass is 10.2. The summed E-state index contributed by atoms with van der Waals surface area (Å²) >= 11 is 5.88. The van der Waals surface area contributed by atoms with E-state index >= 15 is 0 Å². The van der Waals surface area contributed by atoms with E-state index in [1.54, 1.807) is 24.3 Å². The van der Waals surface area contributed by atoms with Gasteiger partial charge in [-0.3, -0.25) is 0 Å². The Morgan fingerprint density at radius 3 is 2.86 bits per heavy atom. The van der Waals surface area contributed by atoms with E-state index in [9.17, 15) is 5.11 Å². The average Bonchev–Trinajstić information content (AvgIpc) is 2.88. The number of rotatable bonds is 4. The molecule has 1 unspecified atom stereocenters. The molecule has 0 saturated carbocycles. The Labute approximate surface area is 127 Å². The van der Waals surface area contributed by atoms with E-state index in [1.165, 1.54) is 0 Å². The second-order valence-corrected chi connectivity index (χ2v) is 5.41. The molecule has 0 fully saturated rings. The number of aliphatic hydroxyl groups excluding tert-OH is 1. The van der Waals surface area contributed by atoms with Crippen LogP contribution in [-0.4, -0.2) is 11.7 Å². The Balaban J connectivity index is 1.73. The van der Waals surface area contributed by atoms with Crippen LogP contribution in [0.25, 0.3) is 11.0 Å². The van der Waals surface area contributed by atoms with Gasteiger partial charge in [-0.2, -0.15) is 0 Å². The zero-order valence-corrected chi connectivity index (χ0v) is 12.3. The van der Waals surface area contributed by atoms with E-state index in [2.05, 4.69) is 0 Å². The number of ether oxygens (including phenoxy) is 1. The molecule has 0 aliphatic carbocycles. The molecule has 4 heteroatoms. The predicted molar refractivity (Wildman–Crippen MR) is 82.9 cm³/mol. The molecule has 0 amide bonds. The number of aryl methyl sites for hydroxylation is 1.